The van der Waals surface area contributed by atoms with Crippen LogP contribution in [0.4, 0.5) is 4.79 Å². The zero-order chi connectivity index (χ0) is 12.7. The van der Waals surface area contributed by atoms with Crippen molar-refractivity contribution in [1.29, 1.82) is 0 Å². The molecule has 6 heteroatoms. The van der Waals surface area contributed by atoms with Gasteiger partial charge in [-0.25, -0.2) is 9.59 Å². The van der Waals surface area contributed by atoms with E-state index in [-0.39, 0.29) is 0 Å². The molecular weight excluding hydrogens is 224 g/mol. The number of carboxylic acids is 1. The largest absolute Gasteiger partial charge is 0.480 e. The van der Waals surface area contributed by atoms with Gasteiger partial charge < -0.3 is 20.8 Å². The summed E-state index contributed by atoms with van der Waals surface area (Å²) in [4.78, 5) is 21.8. The molecule has 0 radical (unpaired) electrons. The van der Waals surface area contributed by atoms with Crippen molar-refractivity contribution in [2.75, 3.05) is 13.2 Å². The van der Waals surface area contributed by atoms with Crippen molar-refractivity contribution < 1.29 is 19.8 Å². The Bertz CT molecular complexity index is 264. The van der Waals surface area contributed by atoms with Crippen LogP contribution >= 0.6 is 0 Å². The van der Waals surface area contributed by atoms with E-state index in [9.17, 15) is 9.59 Å². The fourth-order valence-corrected chi connectivity index (χ4v) is 2.08. The van der Waals surface area contributed by atoms with Crippen molar-refractivity contribution in [3.63, 3.8) is 0 Å². The molecule has 1 fully saturated rings. The zero-order valence-corrected chi connectivity index (χ0v) is 9.82. The third-order valence-electron chi connectivity index (χ3n) is 3.10. The number of hydrogen-bond acceptors (Lipinski definition) is 3. The molecule has 1 aliphatic carbocycles. The average Bonchev–Trinajstić information content (AvgIpc) is 2.78. The summed E-state index contributed by atoms with van der Waals surface area (Å²) >= 11 is 0. The van der Waals surface area contributed by atoms with E-state index in [1.807, 2.05) is 0 Å². The summed E-state index contributed by atoms with van der Waals surface area (Å²) < 4.78 is 0. The van der Waals surface area contributed by atoms with Gasteiger partial charge in [-0.3, -0.25) is 0 Å². The number of carbonyl (C=O) groups excluding carboxylic acids is 1. The minimum absolute atomic E-state index is 0.538. The molecule has 4 N–H and O–H groups in total. The third kappa shape index (κ3) is 5.04. The number of rotatable bonds is 6. The number of carbonyl (C=O) groups is 2. The summed E-state index contributed by atoms with van der Waals surface area (Å²) in [6.45, 7) is -0.0559. The quantitative estimate of drug-likeness (QED) is 0.540. The van der Waals surface area contributed by atoms with Crippen molar-refractivity contribution >= 4 is 12.0 Å². The van der Waals surface area contributed by atoms with Gasteiger partial charge in [-0.05, 0) is 12.3 Å². The molecule has 1 aliphatic rings. The Morgan fingerprint density at radius 2 is 1.94 bits per heavy atom. The molecule has 1 atom stereocenters. The van der Waals surface area contributed by atoms with Crippen LogP contribution in [-0.2, 0) is 4.79 Å². The minimum Gasteiger partial charge on any atom is -0.480 e. The number of hydrogen-bond donors (Lipinski definition) is 4. The first-order valence-corrected chi connectivity index (χ1v) is 6.01. The van der Waals surface area contributed by atoms with Crippen LogP contribution in [0.15, 0.2) is 0 Å². The van der Waals surface area contributed by atoms with Gasteiger partial charge in [0.15, 0.2) is 6.04 Å². The molecule has 1 unspecified atom stereocenters. The molecule has 0 spiro atoms. The van der Waals surface area contributed by atoms with Crippen molar-refractivity contribution in [2.24, 2.45) is 5.92 Å². The maximum atomic E-state index is 11.3. The first-order valence-electron chi connectivity index (χ1n) is 6.01. The van der Waals surface area contributed by atoms with Crippen LogP contribution in [0.1, 0.15) is 32.1 Å². The van der Waals surface area contributed by atoms with Gasteiger partial charge in [0.2, 0.25) is 0 Å². The number of aliphatic carboxylic acids is 1. The van der Waals surface area contributed by atoms with Crippen LogP contribution in [0.25, 0.3) is 0 Å². The van der Waals surface area contributed by atoms with Gasteiger partial charge in [0, 0.05) is 6.54 Å². The Hall–Kier alpha value is -1.30. The van der Waals surface area contributed by atoms with Gasteiger partial charge in [0.05, 0.1) is 6.61 Å². The molecule has 0 aliphatic heterocycles. The highest BCUT2D eigenvalue weighted by Gasteiger charge is 2.19. The van der Waals surface area contributed by atoms with Crippen molar-refractivity contribution in [3.05, 3.63) is 0 Å². The monoisotopic (exact) mass is 244 g/mol. The standard InChI is InChI=1S/C11H20N2O4/c14-7-9(10(15)16)13-11(17)12-6-5-8-3-1-2-4-8/h8-9,14H,1-7H2,(H,15,16)(H2,12,13,17). The highest BCUT2D eigenvalue weighted by Crippen LogP contribution is 2.26. The predicted octanol–water partition coefficient (Wildman–Crippen LogP) is 0.311. The highest BCUT2D eigenvalue weighted by atomic mass is 16.4. The first-order chi connectivity index (χ1) is 8.13. The van der Waals surface area contributed by atoms with Crippen LogP contribution in [0.5, 0.6) is 0 Å². The fraction of sp³-hybridized carbons (Fsp3) is 0.818. The smallest absolute Gasteiger partial charge is 0.328 e. The van der Waals surface area contributed by atoms with Gasteiger partial charge in [0.25, 0.3) is 0 Å². The van der Waals surface area contributed by atoms with Crippen LogP contribution in [0.3, 0.4) is 0 Å². The van der Waals surface area contributed by atoms with Gasteiger partial charge >= 0.3 is 12.0 Å². The lowest BCUT2D eigenvalue weighted by molar-refractivity contribution is -0.140. The maximum Gasteiger partial charge on any atom is 0.328 e. The molecule has 2 amide bonds. The topological polar surface area (TPSA) is 98.7 Å². The molecule has 98 valence electrons. The molecule has 1 saturated carbocycles. The number of aliphatic hydroxyl groups is 1. The molecule has 1 rings (SSSR count). The van der Waals surface area contributed by atoms with E-state index in [0.29, 0.717) is 12.5 Å². The van der Waals surface area contributed by atoms with E-state index in [2.05, 4.69) is 10.6 Å². The van der Waals surface area contributed by atoms with Crippen molar-refractivity contribution in [3.8, 4) is 0 Å². The lowest BCUT2D eigenvalue weighted by atomic mass is 10.0. The second-order valence-corrected chi connectivity index (χ2v) is 4.41. The van der Waals surface area contributed by atoms with E-state index in [0.717, 1.165) is 6.42 Å². The number of amides is 2. The summed E-state index contributed by atoms with van der Waals surface area (Å²) in [6.07, 6.45) is 5.91. The van der Waals surface area contributed by atoms with Gasteiger partial charge in [-0.1, -0.05) is 25.7 Å². The Labute approximate surface area is 100 Å². The van der Waals surface area contributed by atoms with E-state index in [1.54, 1.807) is 0 Å². The molecular formula is C11H20N2O4. The van der Waals surface area contributed by atoms with Crippen LogP contribution in [0, 0.1) is 5.92 Å². The lowest BCUT2D eigenvalue weighted by Gasteiger charge is -2.14. The van der Waals surface area contributed by atoms with Crippen molar-refractivity contribution in [2.45, 2.75) is 38.1 Å². The second-order valence-electron chi connectivity index (χ2n) is 4.41. The van der Waals surface area contributed by atoms with E-state index >= 15 is 0 Å². The number of aliphatic hydroxyl groups excluding tert-OH is 1. The second kappa shape index (κ2) is 7.11. The normalized spacial score (nSPS) is 17.7. The molecule has 0 heterocycles. The fourth-order valence-electron chi connectivity index (χ4n) is 2.08. The molecule has 0 aromatic carbocycles. The van der Waals surface area contributed by atoms with Gasteiger partial charge in [-0.15, -0.1) is 0 Å². The summed E-state index contributed by atoms with van der Waals surface area (Å²) in [7, 11) is 0. The molecule has 0 saturated heterocycles. The number of urea groups is 1. The molecule has 0 bridgehead atoms. The summed E-state index contributed by atoms with van der Waals surface area (Å²) in [6, 6.07) is -1.77. The molecule has 0 aromatic rings. The molecule has 6 nitrogen and oxygen atoms in total. The minimum atomic E-state index is -1.24. The van der Waals surface area contributed by atoms with Crippen LogP contribution in [-0.4, -0.2) is 41.4 Å². The first kappa shape index (κ1) is 13.8. The molecule has 17 heavy (non-hydrogen) atoms. The highest BCUT2D eigenvalue weighted by molar-refractivity contribution is 5.82. The van der Waals surface area contributed by atoms with E-state index in [4.69, 9.17) is 10.2 Å². The van der Waals surface area contributed by atoms with Crippen LogP contribution in [0.2, 0.25) is 0 Å². The third-order valence-corrected chi connectivity index (χ3v) is 3.10. The van der Waals surface area contributed by atoms with Crippen molar-refractivity contribution in [1.82, 2.24) is 10.6 Å². The average molecular weight is 244 g/mol. The van der Waals surface area contributed by atoms with E-state index in [1.165, 1.54) is 25.7 Å². The molecule has 0 aromatic heterocycles. The Kier molecular flexibility index (Phi) is 5.76. The number of nitrogens with one attached hydrogen (secondary N) is 2. The SMILES string of the molecule is O=C(NCCC1CCCC1)NC(CO)C(=O)O. The predicted molar refractivity (Wildman–Crippen MR) is 61.6 cm³/mol. The Morgan fingerprint density at radius 1 is 1.29 bits per heavy atom. The summed E-state index contributed by atoms with van der Waals surface area (Å²) in [5.74, 6) is -0.554. The number of carboxylic acid groups (broad SMARTS) is 1. The summed E-state index contributed by atoms with van der Waals surface area (Å²) in [5.41, 5.74) is 0. The Morgan fingerprint density at radius 3 is 2.47 bits per heavy atom. The maximum absolute atomic E-state index is 11.3. The zero-order valence-electron chi connectivity index (χ0n) is 9.82. The van der Waals surface area contributed by atoms with Gasteiger partial charge in [0.1, 0.15) is 0 Å². The van der Waals surface area contributed by atoms with Gasteiger partial charge in [-0.2, -0.15) is 0 Å². The Balaban J connectivity index is 2.13. The van der Waals surface area contributed by atoms with Crippen LogP contribution < -0.4 is 10.6 Å². The summed E-state index contributed by atoms with van der Waals surface area (Å²) in [5, 5.41) is 22.1. The lowest BCUT2D eigenvalue weighted by Crippen LogP contribution is -2.48. The van der Waals surface area contributed by atoms with E-state index < -0.39 is 24.6 Å².